The summed E-state index contributed by atoms with van der Waals surface area (Å²) >= 11 is 0. The van der Waals surface area contributed by atoms with Gasteiger partial charge in [-0.2, -0.15) is 0 Å². The summed E-state index contributed by atoms with van der Waals surface area (Å²) in [4.78, 5) is 39.8. The topological polar surface area (TPSA) is 81.8 Å². The first-order chi connectivity index (χ1) is 12.4. The van der Waals surface area contributed by atoms with E-state index in [4.69, 9.17) is 0 Å². The first kappa shape index (κ1) is 18.2. The molecule has 2 N–H and O–H groups in total. The van der Waals surface area contributed by atoms with Gasteiger partial charge in [-0.15, -0.1) is 0 Å². The SMILES string of the molecule is CC1(C)NC(=O)N(CCC(=O)Nc2ccccc2N2CCCCC2)C1=O. The molecule has 0 saturated carbocycles. The molecule has 2 heterocycles. The summed E-state index contributed by atoms with van der Waals surface area (Å²) in [6.45, 7) is 5.37. The number of imide groups is 1. The second kappa shape index (κ2) is 7.35. The predicted molar refractivity (Wildman–Crippen MR) is 100 cm³/mol. The molecule has 2 aliphatic heterocycles. The number of nitrogens with one attached hydrogen (secondary N) is 2. The van der Waals surface area contributed by atoms with E-state index in [0.717, 1.165) is 42.2 Å². The zero-order valence-corrected chi connectivity index (χ0v) is 15.4. The molecule has 0 atom stereocenters. The quantitative estimate of drug-likeness (QED) is 0.792. The molecular weight excluding hydrogens is 332 g/mol. The van der Waals surface area contributed by atoms with Crippen LogP contribution in [0.2, 0.25) is 0 Å². The lowest BCUT2D eigenvalue weighted by Gasteiger charge is -2.30. The van der Waals surface area contributed by atoms with Crippen LogP contribution in [0, 0.1) is 0 Å². The van der Waals surface area contributed by atoms with Crippen LogP contribution in [0.3, 0.4) is 0 Å². The van der Waals surface area contributed by atoms with E-state index in [0.29, 0.717) is 0 Å². The first-order valence-electron chi connectivity index (χ1n) is 9.16. The van der Waals surface area contributed by atoms with Crippen molar-refractivity contribution in [2.75, 3.05) is 29.9 Å². The Labute approximate surface area is 153 Å². The van der Waals surface area contributed by atoms with E-state index in [1.54, 1.807) is 13.8 Å². The lowest BCUT2D eigenvalue weighted by Crippen LogP contribution is -2.40. The minimum Gasteiger partial charge on any atom is -0.370 e. The molecule has 140 valence electrons. The van der Waals surface area contributed by atoms with Gasteiger partial charge in [-0.1, -0.05) is 12.1 Å². The van der Waals surface area contributed by atoms with Crippen LogP contribution < -0.4 is 15.5 Å². The molecule has 4 amide bonds. The fourth-order valence-corrected chi connectivity index (χ4v) is 3.44. The highest BCUT2D eigenvalue weighted by Gasteiger charge is 2.44. The van der Waals surface area contributed by atoms with E-state index in [1.807, 2.05) is 24.3 Å². The number of rotatable bonds is 5. The fourth-order valence-electron chi connectivity index (χ4n) is 3.44. The van der Waals surface area contributed by atoms with Crippen molar-refractivity contribution >= 4 is 29.2 Å². The van der Waals surface area contributed by atoms with Gasteiger partial charge < -0.3 is 15.5 Å². The number of carbonyl (C=O) groups is 3. The monoisotopic (exact) mass is 358 g/mol. The molecule has 2 fully saturated rings. The van der Waals surface area contributed by atoms with Crippen LogP contribution in [-0.4, -0.2) is 47.9 Å². The van der Waals surface area contributed by atoms with E-state index in [9.17, 15) is 14.4 Å². The van der Waals surface area contributed by atoms with Gasteiger partial charge >= 0.3 is 6.03 Å². The van der Waals surface area contributed by atoms with Crippen LogP contribution in [0.15, 0.2) is 24.3 Å². The Morgan fingerprint density at radius 3 is 2.50 bits per heavy atom. The third kappa shape index (κ3) is 3.81. The van der Waals surface area contributed by atoms with Crippen LogP contribution in [-0.2, 0) is 9.59 Å². The fraction of sp³-hybridized carbons (Fsp3) is 0.526. The summed E-state index contributed by atoms with van der Waals surface area (Å²) in [6, 6.07) is 7.32. The molecule has 0 radical (unpaired) electrons. The van der Waals surface area contributed by atoms with Crippen molar-refractivity contribution in [2.45, 2.75) is 45.1 Å². The molecule has 3 rings (SSSR count). The Kier molecular flexibility index (Phi) is 5.15. The zero-order chi connectivity index (χ0) is 18.7. The molecule has 1 aromatic rings. The molecule has 7 nitrogen and oxygen atoms in total. The molecule has 1 aromatic carbocycles. The Bertz CT molecular complexity index is 710. The maximum Gasteiger partial charge on any atom is 0.325 e. The van der Waals surface area contributed by atoms with Gasteiger partial charge in [-0.3, -0.25) is 14.5 Å². The Balaban J connectivity index is 1.61. The number of hydrogen-bond acceptors (Lipinski definition) is 4. The normalized spacial score (nSPS) is 19.5. The average Bonchev–Trinajstić information content (AvgIpc) is 2.82. The third-order valence-electron chi connectivity index (χ3n) is 4.88. The lowest BCUT2D eigenvalue weighted by molar-refractivity contribution is -0.130. The third-order valence-corrected chi connectivity index (χ3v) is 4.88. The smallest absolute Gasteiger partial charge is 0.325 e. The average molecular weight is 358 g/mol. The van der Waals surface area contributed by atoms with Gasteiger partial charge in [-0.05, 0) is 45.2 Å². The Hall–Kier alpha value is -2.57. The minimum absolute atomic E-state index is 0.0730. The molecule has 2 aliphatic rings. The zero-order valence-electron chi connectivity index (χ0n) is 15.4. The van der Waals surface area contributed by atoms with Crippen molar-refractivity contribution in [1.82, 2.24) is 10.2 Å². The van der Waals surface area contributed by atoms with Crippen LogP contribution >= 0.6 is 0 Å². The van der Waals surface area contributed by atoms with Crippen LogP contribution in [0.4, 0.5) is 16.2 Å². The summed E-state index contributed by atoms with van der Waals surface area (Å²) in [5.74, 6) is -0.510. The molecule has 0 aromatic heterocycles. The van der Waals surface area contributed by atoms with Crippen LogP contribution in [0.1, 0.15) is 39.5 Å². The van der Waals surface area contributed by atoms with Crippen molar-refractivity contribution in [3.8, 4) is 0 Å². The molecule has 7 heteroatoms. The summed E-state index contributed by atoms with van der Waals surface area (Å²) in [5, 5.41) is 5.55. The number of nitrogens with zero attached hydrogens (tertiary/aromatic N) is 2. The van der Waals surface area contributed by atoms with E-state index in [-0.39, 0.29) is 24.8 Å². The maximum absolute atomic E-state index is 12.4. The van der Waals surface area contributed by atoms with Gasteiger partial charge in [0.05, 0.1) is 11.4 Å². The van der Waals surface area contributed by atoms with Gasteiger partial charge in [0.25, 0.3) is 5.91 Å². The predicted octanol–water partition coefficient (Wildman–Crippen LogP) is 2.34. The molecule has 2 saturated heterocycles. The van der Waals surface area contributed by atoms with Crippen molar-refractivity contribution in [3.63, 3.8) is 0 Å². The molecule has 0 aliphatic carbocycles. The molecule has 0 spiro atoms. The van der Waals surface area contributed by atoms with Crippen molar-refractivity contribution in [3.05, 3.63) is 24.3 Å². The largest absolute Gasteiger partial charge is 0.370 e. The summed E-state index contributed by atoms with van der Waals surface area (Å²) in [7, 11) is 0. The summed E-state index contributed by atoms with van der Waals surface area (Å²) in [5.41, 5.74) is 0.891. The van der Waals surface area contributed by atoms with Crippen molar-refractivity contribution < 1.29 is 14.4 Å². The second-order valence-electron chi connectivity index (χ2n) is 7.37. The van der Waals surface area contributed by atoms with E-state index in [1.165, 1.54) is 6.42 Å². The number of hydrogen-bond donors (Lipinski definition) is 2. The lowest BCUT2D eigenvalue weighted by atomic mass is 10.1. The molecule has 26 heavy (non-hydrogen) atoms. The summed E-state index contributed by atoms with van der Waals surface area (Å²) in [6.07, 6.45) is 3.63. The molecule has 0 unspecified atom stereocenters. The van der Waals surface area contributed by atoms with Gasteiger partial charge in [0, 0.05) is 26.1 Å². The van der Waals surface area contributed by atoms with Gasteiger partial charge in [-0.25, -0.2) is 4.79 Å². The van der Waals surface area contributed by atoms with Gasteiger partial charge in [0.2, 0.25) is 5.91 Å². The van der Waals surface area contributed by atoms with E-state index < -0.39 is 11.6 Å². The molecule has 0 bridgehead atoms. The number of urea groups is 1. The van der Waals surface area contributed by atoms with Crippen LogP contribution in [0.25, 0.3) is 0 Å². The highest BCUT2D eigenvalue weighted by molar-refractivity contribution is 6.07. The van der Waals surface area contributed by atoms with Gasteiger partial charge in [0.1, 0.15) is 5.54 Å². The second-order valence-corrected chi connectivity index (χ2v) is 7.37. The number of carbonyl (C=O) groups excluding carboxylic acids is 3. The number of amides is 4. The highest BCUT2D eigenvalue weighted by atomic mass is 16.2. The number of benzene rings is 1. The molecular formula is C19H26N4O3. The number of anilines is 2. The standard InChI is InChI=1S/C19H26N4O3/c1-19(2)17(25)23(18(26)21-19)13-10-16(24)20-14-8-4-5-9-15(14)22-11-6-3-7-12-22/h4-5,8-9H,3,6-7,10-13H2,1-2H3,(H,20,24)(H,21,26). The maximum atomic E-state index is 12.4. The van der Waals surface area contributed by atoms with E-state index >= 15 is 0 Å². The first-order valence-corrected chi connectivity index (χ1v) is 9.16. The number of para-hydroxylation sites is 2. The van der Waals surface area contributed by atoms with Crippen molar-refractivity contribution in [2.24, 2.45) is 0 Å². The Morgan fingerprint density at radius 2 is 1.85 bits per heavy atom. The van der Waals surface area contributed by atoms with Gasteiger partial charge in [0.15, 0.2) is 0 Å². The van der Waals surface area contributed by atoms with Crippen molar-refractivity contribution in [1.29, 1.82) is 0 Å². The Morgan fingerprint density at radius 1 is 1.15 bits per heavy atom. The summed E-state index contributed by atoms with van der Waals surface area (Å²) < 4.78 is 0. The number of piperidine rings is 1. The highest BCUT2D eigenvalue weighted by Crippen LogP contribution is 2.28. The van der Waals surface area contributed by atoms with E-state index in [2.05, 4.69) is 15.5 Å². The van der Waals surface area contributed by atoms with Crippen LogP contribution in [0.5, 0.6) is 0 Å². The minimum atomic E-state index is -0.908.